The maximum absolute atomic E-state index is 5.89. The van der Waals surface area contributed by atoms with Crippen LogP contribution in [-0.2, 0) is 4.74 Å². The molecule has 1 aromatic rings. The van der Waals surface area contributed by atoms with Crippen LogP contribution in [0, 0.1) is 5.92 Å². The van der Waals surface area contributed by atoms with E-state index in [-0.39, 0.29) is 0 Å². The van der Waals surface area contributed by atoms with Crippen LogP contribution in [0.2, 0.25) is 0 Å². The Labute approximate surface area is 123 Å². The number of hydrogen-bond acceptors (Lipinski definition) is 3. The number of morpholine rings is 1. The molecule has 1 aliphatic heterocycles. The fraction of sp³-hybridized carbons (Fsp3) is 0.600. The first-order valence-corrected chi connectivity index (χ1v) is 7.81. The number of ether oxygens (including phenoxy) is 2. The zero-order chi connectivity index (χ0) is 13.1. The molecule has 0 N–H and O–H groups in total. The van der Waals surface area contributed by atoms with Crippen LogP contribution in [0.3, 0.4) is 0 Å². The smallest absolute Gasteiger partial charge is 0.119 e. The van der Waals surface area contributed by atoms with Gasteiger partial charge in [-0.05, 0) is 43.0 Å². The summed E-state index contributed by atoms with van der Waals surface area (Å²) in [6.45, 7) is 4.64. The number of benzene rings is 1. The van der Waals surface area contributed by atoms with Gasteiger partial charge in [0, 0.05) is 17.6 Å². The largest absolute Gasteiger partial charge is 0.492 e. The van der Waals surface area contributed by atoms with Gasteiger partial charge < -0.3 is 9.47 Å². The molecule has 0 bridgehead atoms. The first-order valence-electron chi connectivity index (χ1n) is 7.01. The van der Waals surface area contributed by atoms with Crippen LogP contribution in [-0.4, -0.2) is 43.9 Å². The van der Waals surface area contributed by atoms with Gasteiger partial charge in [0.2, 0.25) is 0 Å². The minimum atomic E-state index is 0.401. The molecule has 19 heavy (non-hydrogen) atoms. The van der Waals surface area contributed by atoms with Gasteiger partial charge in [-0.1, -0.05) is 15.9 Å². The highest BCUT2D eigenvalue weighted by molar-refractivity contribution is 9.10. The Kier molecular flexibility index (Phi) is 4.41. The van der Waals surface area contributed by atoms with E-state index in [2.05, 4.69) is 20.8 Å². The van der Waals surface area contributed by atoms with Gasteiger partial charge >= 0.3 is 0 Å². The second-order valence-electron chi connectivity index (χ2n) is 5.43. The average Bonchev–Trinajstić information content (AvgIpc) is 3.24. The molecule has 3 nitrogen and oxygen atoms in total. The molecule has 0 amide bonds. The van der Waals surface area contributed by atoms with E-state index >= 15 is 0 Å². The third kappa shape index (κ3) is 3.94. The van der Waals surface area contributed by atoms with Crippen molar-refractivity contribution in [3.63, 3.8) is 0 Å². The Morgan fingerprint density at radius 2 is 2.05 bits per heavy atom. The third-order valence-electron chi connectivity index (χ3n) is 3.80. The van der Waals surface area contributed by atoms with Crippen molar-refractivity contribution in [2.24, 2.45) is 5.92 Å². The summed E-state index contributed by atoms with van der Waals surface area (Å²) in [6, 6.07) is 8.42. The molecule has 1 atom stereocenters. The monoisotopic (exact) mass is 325 g/mol. The van der Waals surface area contributed by atoms with Gasteiger partial charge in [0.25, 0.3) is 0 Å². The molecule has 1 saturated carbocycles. The minimum absolute atomic E-state index is 0.401. The van der Waals surface area contributed by atoms with Gasteiger partial charge in [-0.25, -0.2) is 0 Å². The maximum atomic E-state index is 5.89. The molecule has 104 valence electrons. The molecule has 0 spiro atoms. The Hall–Kier alpha value is -0.580. The standard InChI is InChI=1S/C15H20BrNO2/c16-13-3-5-15(6-4-13)19-11-14-10-18-8-7-17(14)9-12-1-2-12/h3-6,12,14H,1-2,7-11H2. The van der Waals surface area contributed by atoms with Crippen LogP contribution in [0.15, 0.2) is 28.7 Å². The van der Waals surface area contributed by atoms with E-state index in [9.17, 15) is 0 Å². The van der Waals surface area contributed by atoms with E-state index in [1.165, 1.54) is 19.4 Å². The van der Waals surface area contributed by atoms with Crippen LogP contribution < -0.4 is 4.74 Å². The molecule has 3 rings (SSSR count). The molecular weight excluding hydrogens is 306 g/mol. The second-order valence-corrected chi connectivity index (χ2v) is 6.35. The van der Waals surface area contributed by atoms with Gasteiger partial charge in [0.05, 0.1) is 19.3 Å². The zero-order valence-electron chi connectivity index (χ0n) is 11.1. The second kappa shape index (κ2) is 6.25. The molecule has 1 aromatic carbocycles. The van der Waals surface area contributed by atoms with Gasteiger partial charge in [-0.15, -0.1) is 0 Å². The lowest BCUT2D eigenvalue weighted by Gasteiger charge is -2.35. The van der Waals surface area contributed by atoms with Gasteiger partial charge in [0.15, 0.2) is 0 Å². The van der Waals surface area contributed by atoms with Crippen LogP contribution in [0.1, 0.15) is 12.8 Å². The van der Waals surface area contributed by atoms with E-state index in [4.69, 9.17) is 9.47 Å². The summed E-state index contributed by atoms with van der Waals surface area (Å²) in [6.07, 6.45) is 2.80. The van der Waals surface area contributed by atoms with Crippen molar-refractivity contribution >= 4 is 15.9 Å². The summed E-state index contributed by atoms with van der Waals surface area (Å²) in [5, 5.41) is 0. The Morgan fingerprint density at radius 3 is 2.79 bits per heavy atom. The molecular formula is C15H20BrNO2. The fourth-order valence-corrected chi connectivity index (χ4v) is 2.70. The predicted molar refractivity (Wildman–Crippen MR) is 78.5 cm³/mol. The molecule has 2 fully saturated rings. The molecule has 1 unspecified atom stereocenters. The maximum Gasteiger partial charge on any atom is 0.119 e. The van der Waals surface area contributed by atoms with Gasteiger partial charge in [-0.3, -0.25) is 4.90 Å². The van der Waals surface area contributed by atoms with Crippen molar-refractivity contribution in [1.82, 2.24) is 4.90 Å². The predicted octanol–water partition coefficient (Wildman–Crippen LogP) is 2.94. The molecule has 1 heterocycles. The van der Waals surface area contributed by atoms with E-state index in [1.54, 1.807) is 0 Å². The van der Waals surface area contributed by atoms with E-state index < -0.39 is 0 Å². The van der Waals surface area contributed by atoms with Gasteiger partial charge in [0.1, 0.15) is 12.4 Å². The topological polar surface area (TPSA) is 21.7 Å². The van der Waals surface area contributed by atoms with Crippen molar-refractivity contribution in [2.45, 2.75) is 18.9 Å². The van der Waals surface area contributed by atoms with E-state index in [0.29, 0.717) is 12.6 Å². The average molecular weight is 326 g/mol. The Bertz CT molecular complexity index is 405. The number of nitrogens with zero attached hydrogens (tertiary/aromatic N) is 1. The molecule has 2 aliphatic rings. The minimum Gasteiger partial charge on any atom is -0.492 e. The van der Waals surface area contributed by atoms with Crippen LogP contribution in [0.25, 0.3) is 0 Å². The Morgan fingerprint density at radius 1 is 1.26 bits per heavy atom. The van der Waals surface area contributed by atoms with Crippen molar-refractivity contribution in [3.8, 4) is 5.75 Å². The van der Waals surface area contributed by atoms with Crippen LogP contribution in [0.5, 0.6) is 5.75 Å². The molecule has 4 heteroatoms. The summed E-state index contributed by atoms with van der Waals surface area (Å²) in [5.74, 6) is 1.86. The van der Waals surface area contributed by atoms with Crippen LogP contribution in [0.4, 0.5) is 0 Å². The number of rotatable bonds is 5. The normalized spacial score (nSPS) is 24.4. The third-order valence-corrected chi connectivity index (χ3v) is 4.32. The van der Waals surface area contributed by atoms with Crippen molar-refractivity contribution in [1.29, 1.82) is 0 Å². The lowest BCUT2D eigenvalue weighted by Crippen LogP contribution is -2.49. The summed E-state index contributed by atoms with van der Waals surface area (Å²) in [4.78, 5) is 2.54. The van der Waals surface area contributed by atoms with Crippen molar-refractivity contribution < 1.29 is 9.47 Å². The van der Waals surface area contributed by atoms with E-state index in [0.717, 1.165) is 35.9 Å². The molecule has 1 aliphatic carbocycles. The van der Waals surface area contributed by atoms with E-state index in [1.807, 2.05) is 24.3 Å². The molecule has 1 saturated heterocycles. The fourth-order valence-electron chi connectivity index (χ4n) is 2.44. The van der Waals surface area contributed by atoms with Crippen molar-refractivity contribution in [3.05, 3.63) is 28.7 Å². The van der Waals surface area contributed by atoms with Crippen LogP contribution >= 0.6 is 15.9 Å². The number of hydrogen-bond donors (Lipinski definition) is 0. The SMILES string of the molecule is Brc1ccc(OCC2COCCN2CC2CC2)cc1. The summed E-state index contributed by atoms with van der Waals surface area (Å²) >= 11 is 3.43. The quantitative estimate of drug-likeness (QED) is 0.830. The lowest BCUT2D eigenvalue weighted by atomic mass is 10.2. The van der Waals surface area contributed by atoms with Crippen molar-refractivity contribution in [2.75, 3.05) is 32.9 Å². The first kappa shape index (κ1) is 13.4. The Balaban J connectivity index is 1.52. The number of halogens is 1. The highest BCUT2D eigenvalue weighted by atomic mass is 79.9. The highest BCUT2D eigenvalue weighted by Crippen LogP contribution is 2.30. The first-order chi connectivity index (χ1) is 9.31. The van der Waals surface area contributed by atoms with Gasteiger partial charge in [-0.2, -0.15) is 0 Å². The zero-order valence-corrected chi connectivity index (χ0v) is 12.6. The molecule has 0 radical (unpaired) electrons. The summed E-state index contributed by atoms with van der Waals surface area (Å²) in [7, 11) is 0. The lowest BCUT2D eigenvalue weighted by molar-refractivity contribution is -0.0252. The summed E-state index contributed by atoms with van der Waals surface area (Å²) in [5.41, 5.74) is 0. The molecule has 0 aromatic heterocycles. The summed E-state index contributed by atoms with van der Waals surface area (Å²) < 4.78 is 12.6. The highest BCUT2D eigenvalue weighted by Gasteiger charge is 2.30.